The van der Waals surface area contributed by atoms with Gasteiger partial charge in [0.1, 0.15) is 13.2 Å². The van der Waals surface area contributed by atoms with Crippen LogP contribution in [0.4, 0.5) is 0 Å². The predicted molar refractivity (Wildman–Crippen MR) is 70.2 cm³/mol. The Morgan fingerprint density at radius 2 is 2.05 bits per heavy atom. The Morgan fingerprint density at radius 1 is 1.26 bits per heavy atom. The molecule has 0 saturated carbocycles. The summed E-state index contributed by atoms with van der Waals surface area (Å²) in [7, 11) is 1.87. The van der Waals surface area contributed by atoms with Crippen LogP contribution in [0.15, 0.2) is 18.2 Å². The zero-order valence-electron chi connectivity index (χ0n) is 10.8. The van der Waals surface area contributed by atoms with Crippen LogP contribution in [0.25, 0.3) is 11.4 Å². The maximum absolute atomic E-state index is 5.58. The third kappa shape index (κ3) is 2.26. The fourth-order valence-electron chi connectivity index (χ4n) is 2.11. The molecule has 0 unspecified atom stereocenters. The van der Waals surface area contributed by atoms with E-state index >= 15 is 0 Å². The van der Waals surface area contributed by atoms with Crippen LogP contribution in [-0.2, 0) is 13.5 Å². The van der Waals surface area contributed by atoms with Crippen molar-refractivity contribution in [3.05, 3.63) is 24.0 Å². The first-order valence-electron chi connectivity index (χ1n) is 6.28. The summed E-state index contributed by atoms with van der Waals surface area (Å²) in [4.78, 5) is 4.49. The van der Waals surface area contributed by atoms with Gasteiger partial charge in [0.05, 0.1) is 0 Å². The Labute approximate surface area is 111 Å². The van der Waals surface area contributed by atoms with Crippen molar-refractivity contribution >= 4 is 0 Å². The molecule has 1 aromatic heterocycles. The quantitative estimate of drug-likeness (QED) is 0.881. The van der Waals surface area contributed by atoms with Crippen LogP contribution in [0.5, 0.6) is 11.5 Å². The maximum atomic E-state index is 5.58. The summed E-state index contributed by atoms with van der Waals surface area (Å²) in [5, 5.41) is 4.34. The number of fused-ring (bicyclic) bond motifs is 1. The summed E-state index contributed by atoms with van der Waals surface area (Å²) in [5.41, 5.74) is 6.48. The second-order valence-electron chi connectivity index (χ2n) is 4.37. The average molecular weight is 260 g/mol. The van der Waals surface area contributed by atoms with Crippen molar-refractivity contribution in [3.8, 4) is 22.9 Å². The SMILES string of the molecule is Cn1nc(CCN)nc1-c1ccc2c(c1)OCCO2. The smallest absolute Gasteiger partial charge is 0.162 e. The van der Waals surface area contributed by atoms with E-state index in [2.05, 4.69) is 10.1 Å². The first-order valence-corrected chi connectivity index (χ1v) is 6.28. The number of ether oxygens (including phenoxy) is 2. The summed E-state index contributed by atoms with van der Waals surface area (Å²) in [6, 6.07) is 5.80. The van der Waals surface area contributed by atoms with E-state index in [-0.39, 0.29) is 0 Å². The highest BCUT2D eigenvalue weighted by Gasteiger charge is 2.15. The van der Waals surface area contributed by atoms with Crippen molar-refractivity contribution in [2.45, 2.75) is 6.42 Å². The first kappa shape index (κ1) is 12.0. The van der Waals surface area contributed by atoms with E-state index in [0.29, 0.717) is 26.2 Å². The van der Waals surface area contributed by atoms with Crippen LogP contribution in [0.3, 0.4) is 0 Å². The van der Waals surface area contributed by atoms with Gasteiger partial charge in [-0.25, -0.2) is 9.67 Å². The highest BCUT2D eigenvalue weighted by atomic mass is 16.6. The van der Waals surface area contributed by atoms with E-state index in [0.717, 1.165) is 28.7 Å². The van der Waals surface area contributed by atoms with Crippen molar-refractivity contribution in [2.75, 3.05) is 19.8 Å². The van der Waals surface area contributed by atoms with Crippen LogP contribution >= 0.6 is 0 Å². The number of aryl methyl sites for hydroxylation is 1. The molecule has 0 aliphatic carbocycles. The molecule has 0 atom stereocenters. The molecule has 2 aromatic rings. The van der Waals surface area contributed by atoms with Crippen LogP contribution in [0.1, 0.15) is 5.82 Å². The summed E-state index contributed by atoms with van der Waals surface area (Å²) < 4.78 is 12.8. The molecule has 1 aliphatic rings. The number of nitrogens with two attached hydrogens (primary N) is 1. The molecule has 6 heteroatoms. The Hall–Kier alpha value is -2.08. The van der Waals surface area contributed by atoms with Crippen molar-refractivity contribution in [3.63, 3.8) is 0 Å². The lowest BCUT2D eigenvalue weighted by Crippen LogP contribution is -2.15. The van der Waals surface area contributed by atoms with E-state index in [4.69, 9.17) is 15.2 Å². The molecule has 0 spiro atoms. The van der Waals surface area contributed by atoms with Crippen LogP contribution < -0.4 is 15.2 Å². The molecular formula is C13H16N4O2. The van der Waals surface area contributed by atoms with Gasteiger partial charge in [-0.1, -0.05) is 0 Å². The van der Waals surface area contributed by atoms with Gasteiger partial charge in [0.15, 0.2) is 23.1 Å². The minimum Gasteiger partial charge on any atom is -0.486 e. The number of benzene rings is 1. The van der Waals surface area contributed by atoms with E-state index in [9.17, 15) is 0 Å². The van der Waals surface area contributed by atoms with E-state index in [1.807, 2.05) is 25.2 Å². The van der Waals surface area contributed by atoms with Gasteiger partial charge in [0, 0.05) is 19.0 Å². The molecular weight excluding hydrogens is 244 g/mol. The number of nitrogens with zero attached hydrogens (tertiary/aromatic N) is 3. The third-order valence-electron chi connectivity index (χ3n) is 2.98. The second-order valence-corrected chi connectivity index (χ2v) is 4.37. The monoisotopic (exact) mass is 260 g/mol. The van der Waals surface area contributed by atoms with Crippen molar-refractivity contribution in [1.29, 1.82) is 0 Å². The number of hydrogen-bond acceptors (Lipinski definition) is 5. The number of rotatable bonds is 3. The second kappa shape index (κ2) is 4.89. The molecule has 0 amide bonds. The average Bonchev–Trinajstić information content (AvgIpc) is 2.79. The fraction of sp³-hybridized carbons (Fsp3) is 0.385. The van der Waals surface area contributed by atoms with Crippen molar-refractivity contribution in [1.82, 2.24) is 14.8 Å². The molecule has 0 bridgehead atoms. The molecule has 0 radical (unpaired) electrons. The summed E-state index contributed by atoms with van der Waals surface area (Å²) >= 11 is 0. The minimum atomic E-state index is 0.546. The molecule has 0 fully saturated rings. The molecule has 1 aromatic carbocycles. The van der Waals surface area contributed by atoms with Gasteiger partial charge in [-0.05, 0) is 24.7 Å². The van der Waals surface area contributed by atoms with Gasteiger partial charge in [-0.3, -0.25) is 0 Å². The van der Waals surface area contributed by atoms with Gasteiger partial charge in [0.2, 0.25) is 0 Å². The van der Waals surface area contributed by atoms with Gasteiger partial charge < -0.3 is 15.2 Å². The highest BCUT2D eigenvalue weighted by Crippen LogP contribution is 2.33. The molecule has 2 N–H and O–H groups in total. The molecule has 19 heavy (non-hydrogen) atoms. The maximum Gasteiger partial charge on any atom is 0.162 e. The first-order chi connectivity index (χ1) is 9.28. The standard InChI is InChI=1S/C13H16N4O2/c1-17-13(15-12(16-17)4-5-14)9-2-3-10-11(8-9)19-7-6-18-10/h2-3,8H,4-7,14H2,1H3. The number of hydrogen-bond donors (Lipinski definition) is 1. The Bertz CT molecular complexity index is 594. The largest absolute Gasteiger partial charge is 0.486 e. The molecule has 6 nitrogen and oxygen atoms in total. The van der Waals surface area contributed by atoms with Crippen LogP contribution in [0, 0.1) is 0 Å². The topological polar surface area (TPSA) is 75.2 Å². The lowest BCUT2D eigenvalue weighted by molar-refractivity contribution is 0.171. The molecule has 3 rings (SSSR count). The lowest BCUT2D eigenvalue weighted by atomic mass is 10.2. The van der Waals surface area contributed by atoms with Crippen LogP contribution in [-0.4, -0.2) is 34.5 Å². The van der Waals surface area contributed by atoms with Gasteiger partial charge in [0.25, 0.3) is 0 Å². The lowest BCUT2D eigenvalue weighted by Gasteiger charge is -2.18. The summed E-state index contributed by atoms with van der Waals surface area (Å²) in [6.45, 7) is 1.72. The zero-order chi connectivity index (χ0) is 13.2. The Balaban J connectivity index is 1.97. The molecule has 0 saturated heterocycles. The van der Waals surface area contributed by atoms with Crippen molar-refractivity contribution < 1.29 is 9.47 Å². The summed E-state index contributed by atoms with van der Waals surface area (Å²) in [5.74, 6) is 3.10. The van der Waals surface area contributed by atoms with Gasteiger partial charge >= 0.3 is 0 Å². The van der Waals surface area contributed by atoms with Crippen molar-refractivity contribution in [2.24, 2.45) is 12.8 Å². The Kier molecular flexibility index (Phi) is 3.08. The predicted octanol–water partition coefficient (Wildman–Crippen LogP) is 0.754. The van der Waals surface area contributed by atoms with E-state index < -0.39 is 0 Å². The van der Waals surface area contributed by atoms with Crippen LogP contribution in [0.2, 0.25) is 0 Å². The Morgan fingerprint density at radius 3 is 2.84 bits per heavy atom. The normalized spacial score (nSPS) is 13.6. The molecule has 100 valence electrons. The highest BCUT2D eigenvalue weighted by molar-refractivity contribution is 5.61. The van der Waals surface area contributed by atoms with E-state index in [1.165, 1.54) is 0 Å². The van der Waals surface area contributed by atoms with E-state index in [1.54, 1.807) is 4.68 Å². The minimum absolute atomic E-state index is 0.546. The van der Waals surface area contributed by atoms with Gasteiger partial charge in [-0.2, -0.15) is 5.10 Å². The molecule has 2 heterocycles. The summed E-state index contributed by atoms with van der Waals surface area (Å²) in [6.07, 6.45) is 0.679. The zero-order valence-corrected chi connectivity index (χ0v) is 10.8. The number of aromatic nitrogens is 3. The molecule has 1 aliphatic heterocycles. The fourth-order valence-corrected chi connectivity index (χ4v) is 2.11. The van der Waals surface area contributed by atoms with Gasteiger partial charge in [-0.15, -0.1) is 0 Å². The third-order valence-corrected chi connectivity index (χ3v) is 2.98.